The largest absolute Gasteiger partial charge is 0.390 e. The van der Waals surface area contributed by atoms with Crippen LogP contribution in [0.3, 0.4) is 0 Å². The molecule has 0 unspecified atom stereocenters. The highest BCUT2D eigenvalue weighted by atomic mass is 79.9. The van der Waals surface area contributed by atoms with Crippen molar-refractivity contribution in [1.82, 2.24) is 0 Å². The molecule has 26 heavy (non-hydrogen) atoms. The molecule has 0 aliphatic rings. The first kappa shape index (κ1) is 20.8. The summed E-state index contributed by atoms with van der Waals surface area (Å²) in [6, 6.07) is 5.18. The van der Waals surface area contributed by atoms with E-state index in [1.165, 1.54) is 12.1 Å². The van der Waals surface area contributed by atoms with Crippen LogP contribution in [0.15, 0.2) is 38.2 Å². The maximum atomic E-state index is 13.6. The van der Waals surface area contributed by atoms with Crippen molar-refractivity contribution in [2.75, 3.05) is 25.2 Å². The van der Waals surface area contributed by atoms with Gasteiger partial charge >= 0.3 is 0 Å². The second kappa shape index (κ2) is 8.92. The predicted octanol–water partition coefficient (Wildman–Crippen LogP) is 5.26. The number of anilines is 1. The van der Waals surface area contributed by atoms with Crippen LogP contribution in [-0.4, -0.2) is 32.4 Å². The van der Waals surface area contributed by atoms with Crippen molar-refractivity contribution in [2.45, 2.75) is 0 Å². The zero-order valence-corrected chi connectivity index (χ0v) is 17.5. The molecule has 0 atom stereocenters. The monoisotopic (exact) mass is 507 g/mol. The lowest BCUT2D eigenvalue weighted by Gasteiger charge is -2.22. The van der Waals surface area contributed by atoms with Gasteiger partial charge in [-0.2, -0.15) is 0 Å². The van der Waals surface area contributed by atoms with Gasteiger partial charge in [0.05, 0.1) is 27.1 Å². The number of carbonyl (C=O) groups is 1. The fraction of sp³-hybridized carbons (Fsp3) is 0.176. The number of benzene rings is 2. The number of nitrogens with two attached hydrogens (primary N) is 1. The van der Waals surface area contributed by atoms with E-state index in [0.717, 1.165) is 12.4 Å². The zero-order chi connectivity index (χ0) is 19.4. The van der Waals surface area contributed by atoms with E-state index in [-0.39, 0.29) is 22.7 Å². The van der Waals surface area contributed by atoms with Gasteiger partial charge in [0.25, 0.3) is 0 Å². The summed E-state index contributed by atoms with van der Waals surface area (Å²) < 4.78 is 27.0. The molecule has 0 radical (unpaired) electrons. The van der Waals surface area contributed by atoms with E-state index in [4.69, 9.17) is 17.3 Å². The maximum absolute atomic E-state index is 13.6. The number of hydrogen-bond donors (Lipinski definition) is 1. The summed E-state index contributed by atoms with van der Waals surface area (Å²) in [5, 5.41) is 0.123. The highest BCUT2D eigenvalue weighted by molar-refractivity contribution is 9.11. The lowest BCUT2D eigenvalue weighted by molar-refractivity contribution is 0.103. The first-order chi connectivity index (χ1) is 12.3. The number of rotatable bonds is 6. The van der Waals surface area contributed by atoms with Crippen LogP contribution >= 0.6 is 43.5 Å². The number of aliphatic imine (C=N–C) groups is 1. The Morgan fingerprint density at radius 2 is 2.08 bits per heavy atom. The van der Waals surface area contributed by atoms with Crippen molar-refractivity contribution in [1.29, 1.82) is 0 Å². The lowest BCUT2D eigenvalue weighted by atomic mass is 10.0. The summed E-state index contributed by atoms with van der Waals surface area (Å²) in [6.45, 7) is -0.425. The van der Waals surface area contributed by atoms with Crippen molar-refractivity contribution >= 4 is 67.0 Å². The molecule has 0 amide bonds. The number of ketones is 1. The van der Waals surface area contributed by atoms with Crippen molar-refractivity contribution < 1.29 is 13.6 Å². The van der Waals surface area contributed by atoms with Gasteiger partial charge in [-0.3, -0.25) is 4.79 Å². The van der Waals surface area contributed by atoms with Gasteiger partial charge in [-0.25, -0.2) is 13.8 Å². The molecule has 0 saturated heterocycles. The van der Waals surface area contributed by atoms with Gasteiger partial charge in [0.1, 0.15) is 18.2 Å². The number of carbonyl (C=O) groups excluding carboxylic acids is 1. The van der Waals surface area contributed by atoms with E-state index >= 15 is 0 Å². The molecule has 0 fully saturated rings. The van der Waals surface area contributed by atoms with Crippen LogP contribution in [-0.2, 0) is 0 Å². The molecule has 2 aromatic carbocycles. The zero-order valence-electron chi connectivity index (χ0n) is 13.6. The van der Waals surface area contributed by atoms with E-state index in [0.29, 0.717) is 20.3 Å². The second-order valence-electron chi connectivity index (χ2n) is 5.26. The first-order valence-corrected chi connectivity index (χ1v) is 9.31. The average Bonchev–Trinajstić information content (AvgIpc) is 2.59. The van der Waals surface area contributed by atoms with E-state index in [1.807, 2.05) is 0 Å². The molecule has 0 aliphatic heterocycles. The third-order valence-electron chi connectivity index (χ3n) is 3.61. The van der Waals surface area contributed by atoms with Crippen LogP contribution in [0.2, 0.25) is 5.02 Å². The Labute approximate surface area is 171 Å². The van der Waals surface area contributed by atoms with E-state index < -0.39 is 18.3 Å². The summed E-state index contributed by atoms with van der Waals surface area (Å²) in [7, 11) is 1.69. The van der Waals surface area contributed by atoms with Gasteiger partial charge in [0.15, 0.2) is 5.78 Å². The molecule has 0 heterocycles. The minimum absolute atomic E-state index is 0.0145. The summed E-state index contributed by atoms with van der Waals surface area (Å²) in [6.07, 6.45) is 1.07. The molecule has 2 N–H and O–H groups in total. The van der Waals surface area contributed by atoms with Gasteiger partial charge in [0, 0.05) is 23.6 Å². The Balaban J connectivity index is 2.68. The standard InChI is InChI=1S/C17H14Br2ClF2N3O/c1-25(5-4-21)13-7-11(18)14(15(19)16(13)24-8-23)17(26)10-6-9(22)2-3-12(10)20/h2-3,6-8H,4-5H2,1H3,(H2,23,24). The summed E-state index contributed by atoms with van der Waals surface area (Å²) in [4.78, 5) is 18.7. The Kier molecular flexibility index (Phi) is 7.14. The molecular weight excluding hydrogens is 495 g/mol. The molecule has 0 bridgehead atoms. The van der Waals surface area contributed by atoms with Crippen LogP contribution in [0.5, 0.6) is 0 Å². The highest BCUT2D eigenvalue weighted by Gasteiger charge is 2.24. The molecule has 0 aromatic heterocycles. The topological polar surface area (TPSA) is 58.7 Å². The number of halogens is 5. The molecule has 2 aromatic rings. The minimum atomic E-state index is -0.579. The highest BCUT2D eigenvalue weighted by Crippen LogP contribution is 2.43. The summed E-state index contributed by atoms with van der Waals surface area (Å²) in [5.74, 6) is -1.08. The molecule has 0 spiro atoms. The Morgan fingerprint density at radius 1 is 1.38 bits per heavy atom. The Bertz CT molecular complexity index is 878. The van der Waals surface area contributed by atoms with Crippen LogP contribution in [0.1, 0.15) is 15.9 Å². The fourth-order valence-corrected chi connectivity index (χ4v) is 4.11. The SMILES string of the molecule is CN(CCF)c1cc(Br)c(C(=O)c2cc(F)ccc2Cl)c(Br)c1N=CN. The number of nitrogens with zero attached hydrogens (tertiary/aromatic N) is 2. The van der Waals surface area contributed by atoms with Gasteiger partial charge in [0.2, 0.25) is 0 Å². The first-order valence-electron chi connectivity index (χ1n) is 7.34. The third-order valence-corrected chi connectivity index (χ3v) is 5.33. The smallest absolute Gasteiger partial charge is 0.196 e. The number of alkyl halides is 1. The van der Waals surface area contributed by atoms with Crippen LogP contribution in [0.25, 0.3) is 0 Å². The third kappa shape index (κ3) is 4.24. The van der Waals surface area contributed by atoms with Crippen LogP contribution in [0.4, 0.5) is 20.2 Å². The normalized spacial score (nSPS) is 11.2. The predicted molar refractivity (Wildman–Crippen MR) is 108 cm³/mol. The van der Waals surface area contributed by atoms with E-state index in [2.05, 4.69) is 36.9 Å². The summed E-state index contributed by atoms with van der Waals surface area (Å²) in [5.41, 5.74) is 6.55. The molecule has 2 rings (SSSR count). The molecule has 138 valence electrons. The Morgan fingerprint density at radius 3 is 2.69 bits per heavy atom. The minimum Gasteiger partial charge on any atom is -0.390 e. The molecule has 4 nitrogen and oxygen atoms in total. The number of hydrogen-bond acceptors (Lipinski definition) is 3. The Hall–Kier alpha value is -1.51. The van der Waals surface area contributed by atoms with Crippen molar-refractivity contribution in [2.24, 2.45) is 10.7 Å². The molecule has 9 heteroatoms. The summed E-state index contributed by atoms with van der Waals surface area (Å²) >= 11 is 12.8. The average molecular weight is 510 g/mol. The van der Waals surface area contributed by atoms with Crippen LogP contribution < -0.4 is 10.6 Å². The van der Waals surface area contributed by atoms with Gasteiger partial charge in [-0.05, 0) is 56.1 Å². The van der Waals surface area contributed by atoms with Crippen molar-refractivity contribution in [3.05, 3.63) is 55.2 Å². The van der Waals surface area contributed by atoms with E-state index in [9.17, 15) is 13.6 Å². The quantitative estimate of drug-likeness (QED) is 0.328. The van der Waals surface area contributed by atoms with Crippen molar-refractivity contribution in [3.63, 3.8) is 0 Å². The maximum Gasteiger partial charge on any atom is 0.196 e. The van der Waals surface area contributed by atoms with Gasteiger partial charge in [-0.1, -0.05) is 11.6 Å². The van der Waals surface area contributed by atoms with Gasteiger partial charge in [-0.15, -0.1) is 0 Å². The second-order valence-corrected chi connectivity index (χ2v) is 7.31. The van der Waals surface area contributed by atoms with E-state index in [1.54, 1.807) is 18.0 Å². The van der Waals surface area contributed by atoms with Crippen molar-refractivity contribution in [3.8, 4) is 0 Å². The molecule has 0 saturated carbocycles. The molecular formula is C17H14Br2ClF2N3O. The fourth-order valence-electron chi connectivity index (χ4n) is 2.35. The molecule has 0 aliphatic carbocycles. The lowest BCUT2D eigenvalue weighted by Crippen LogP contribution is -2.20. The van der Waals surface area contributed by atoms with Gasteiger partial charge < -0.3 is 10.6 Å². The van der Waals surface area contributed by atoms with Crippen LogP contribution in [0, 0.1) is 5.82 Å².